The monoisotopic (exact) mass is 372 g/mol. The average molecular weight is 372 g/mol. The summed E-state index contributed by atoms with van der Waals surface area (Å²) >= 11 is 0. The third kappa shape index (κ3) is 3.66. The van der Waals surface area contributed by atoms with Crippen molar-refractivity contribution >= 4 is 21.6 Å². The van der Waals surface area contributed by atoms with E-state index in [9.17, 15) is 13.2 Å². The van der Waals surface area contributed by atoms with Crippen LogP contribution in [0.1, 0.15) is 41.8 Å². The summed E-state index contributed by atoms with van der Waals surface area (Å²) in [7, 11) is -1.96. The van der Waals surface area contributed by atoms with Crippen molar-refractivity contribution in [3.63, 3.8) is 0 Å². The Morgan fingerprint density at radius 3 is 2.35 bits per heavy atom. The summed E-state index contributed by atoms with van der Waals surface area (Å²) in [6.45, 7) is 3.64. The van der Waals surface area contributed by atoms with Crippen molar-refractivity contribution in [2.75, 3.05) is 12.4 Å². The first-order chi connectivity index (χ1) is 12.3. The third-order valence-corrected chi connectivity index (χ3v) is 6.92. The fraction of sp³-hybridized carbons (Fsp3) is 0.350. The predicted octanol–water partition coefficient (Wildman–Crippen LogP) is 3.46. The second kappa shape index (κ2) is 7.21. The number of amides is 1. The number of aryl methyl sites for hydroxylation is 2. The van der Waals surface area contributed by atoms with Crippen LogP contribution in [0.2, 0.25) is 0 Å². The van der Waals surface area contributed by atoms with Crippen molar-refractivity contribution in [2.24, 2.45) is 0 Å². The highest BCUT2D eigenvalue weighted by molar-refractivity contribution is 7.89. The first kappa shape index (κ1) is 18.6. The lowest BCUT2D eigenvalue weighted by Crippen LogP contribution is -2.33. The summed E-state index contributed by atoms with van der Waals surface area (Å²) < 4.78 is 26.3. The van der Waals surface area contributed by atoms with Gasteiger partial charge >= 0.3 is 0 Å². The highest BCUT2D eigenvalue weighted by Gasteiger charge is 2.23. The molecule has 0 spiro atoms. The second-order valence-electron chi connectivity index (χ2n) is 6.93. The lowest BCUT2D eigenvalue weighted by atomic mass is 10.1. The molecule has 1 amide bonds. The molecule has 0 bridgehead atoms. The molecule has 5 nitrogen and oxygen atoms in total. The van der Waals surface area contributed by atoms with Crippen molar-refractivity contribution < 1.29 is 13.2 Å². The van der Waals surface area contributed by atoms with Crippen molar-refractivity contribution in [1.82, 2.24) is 4.31 Å². The minimum atomic E-state index is -3.52. The lowest BCUT2D eigenvalue weighted by Gasteiger charge is -2.21. The van der Waals surface area contributed by atoms with E-state index in [2.05, 4.69) is 5.32 Å². The number of sulfonamides is 1. The zero-order chi connectivity index (χ0) is 18.9. The van der Waals surface area contributed by atoms with Crippen LogP contribution < -0.4 is 5.32 Å². The largest absolute Gasteiger partial charge is 0.322 e. The van der Waals surface area contributed by atoms with Gasteiger partial charge < -0.3 is 5.32 Å². The van der Waals surface area contributed by atoms with E-state index in [1.54, 1.807) is 19.2 Å². The van der Waals surface area contributed by atoms with Gasteiger partial charge in [0.15, 0.2) is 0 Å². The van der Waals surface area contributed by atoms with Crippen LogP contribution in [0.3, 0.4) is 0 Å². The van der Waals surface area contributed by atoms with Crippen LogP contribution in [0.15, 0.2) is 47.4 Å². The van der Waals surface area contributed by atoms with Crippen molar-refractivity contribution in [3.8, 4) is 0 Å². The van der Waals surface area contributed by atoms with Crippen molar-refractivity contribution in [3.05, 3.63) is 59.2 Å². The highest BCUT2D eigenvalue weighted by atomic mass is 32.2. The van der Waals surface area contributed by atoms with Crippen LogP contribution in [0.25, 0.3) is 0 Å². The minimum Gasteiger partial charge on any atom is -0.322 e. The summed E-state index contributed by atoms with van der Waals surface area (Å²) in [6, 6.07) is 12.0. The van der Waals surface area contributed by atoms with Gasteiger partial charge in [0.25, 0.3) is 5.91 Å². The van der Waals surface area contributed by atoms with Gasteiger partial charge in [-0.3, -0.25) is 4.79 Å². The van der Waals surface area contributed by atoms with Crippen LogP contribution in [0, 0.1) is 0 Å². The number of carbonyl (C=O) groups is 1. The topological polar surface area (TPSA) is 66.5 Å². The maximum atomic E-state index is 12.5. The first-order valence-corrected chi connectivity index (χ1v) is 10.2. The minimum absolute atomic E-state index is 0.126. The van der Waals surface area contributed by atoms with E-state index < -0.39 is 10.0 Å². The number of anilines is 1. The van der Waals surface area contributed by atoms with Gasteiger partial charge in [0.05, 0.1) is 4.90 Å². The summed E-state index contributed by atoms with van der Waals surface area (Å²) in [4.78, 5) is 12.7. The molecule has 6 heteroatoms. The van der Waals surface area contributed by atoms with E-state index in [4.69, 9.17) is 0 Å². The molecule has 0 atom stereocenters. The Morgan fingerprint density at radius 2 is 1.69 bits per heavy atom. The molecule has 0 heterocycles. The molecule has 0 saturated heterocycles. The lowest BCUT2D eigenvalue weighted by molar-refractivity contribution is 0.102. The van der Waals surface area contributed by atoms with Crippen LogP contribution in [0.5, 0.6) is 0 Å². The number of rotatable bonds is 5. The molecule has 138 valence electrons. The summed E-state index contributed by atoms with van der Waals surface area (Å²) in [5.41, 5.74) is 3.77. The number of hydrogen-bond donors (Lipinski definition) is 1. The van der Waals surface area contributed by atoms with Gasteiger partial charge in [-0.25, -0.2) is 8.42 Å². The van der Waals surface area contributed by atoms with Gasteiger partial charge in [0.1, 0.15) is 0 Å². The Hall–Kier alpha value is -2.18. The molecule has 0 unspecified atom stereocenters. The van der Waals surface area contributed by atoms with Gasteiger partial charge in [0, 0.05) is 24.3 Å². The molecular formula is C20H24N2O3S. The molecule has 2 aromatic carbocycles. The Morgan fingerprint density at radius 1 is 1.04 bits per heavy atom. The third-order valence-electron chi connectivity index (χ3n) is 4.88. The molecule has 0 radical (unpaired) electrons. The number of carbonyl (C=O) groups excluding carboxylic acids is 1. The molecule has 1 aliphatic carbocycles. The molecular weight excluding hydrogens is 348 g/mol. The van der Waals surface area contributed by atoms with Gasteiger partial charge in [0.2, 0.25) is 10.0 Å². The smallest absolute Gasteiger partial charge is 0.255 e. The second-order valence-corrected chi connectivity index (χ2v) is 8.93. The van der Waals surface area contributed by atoms with E-state index in [0.717, 1.165) is 19.3 Å². The van der Waals surface area contributed by atoms with Crippen LogP contribution in [-0.2, 0) is 22.9 Å². The van der Waals surface area contributed by atoms with Gasteiger partial charge in [-0.15, -0.1) is 0 Å². The first-order valence-electron chi connectivity index (χ1n) is 8.80. The molecule has 26 heavy (non-hydrogen) atoms. The fourth-order valence-corrected chi connectivity index (χ4v) is 4.44. The number of hydrogen-bond acceptors (Lipinski definition) is 3. The number of nitrogens with one attached hydrogen (secondary N) is 1. The van der Waals surface area contributed by atoms with Gasteiger partial charge in [-0.05, 0) is 80.6 Å². The quantitative estimate of drug-likeness (QED) is 0.874. The molecule has 1 aliphatic rings. The maximum Gasteiger partial charge on any atom is 0.255 e. The van der Waals surface area contributed by atoms with Crippen molar-refractivity contribution in [1.29, 1.82) is 0 Å². The predicted molar refractivity (Wildman–Crippen MR) is 103 cm³/mol. The maximum absolute atomic E-state index is 12.5. The summed E-state index contributed by atoms with van der Waals surface area (Å²) in [5.74, 6) is -0.186. The van der Waals surface area contributed by atoms with Gasteiger partial charge in [-0.2, -0.15) is 4.31 Å². The number of benzene rings is 2. The van der Waals surface area contributed by atoms with E-state index in [0.29, 0.717) is 11.3 Å². The number of fused-ring (bicyclic) bond motifs is 1. The fourth-order valence-electron chi connectivity index (χ4n) is 3.07. The summed E-state index contributed by atoms with van der Waals surface area (Å²) in [5, 5.41) is 2.83. The number of nitrogens with zero attached hydrogens (tertiary/aromatic N) is 1. The van der Waals surface area contributed by atoms with Crippen LogP contribution in [-0.4, -0.2) is 31.7 Å². The van der Waals surface area contributed by atoms with Crippen LogP contribution >= 0.6 is 0 Å². The Kier molecular flexibility index (Phi) is 5.16. The normalized spacial score (nSPS) is 13.9. The zero-order valence-corrected chi connectivity index (χ0v) is 16.1. The zero-order valence-electron chi connectivity index (χ0n) is 15.3. The van der Waals surface area contributed by atoms with Crippen LogP contribution in [0.4, 0.5) is 5.69 Å². The Bertz CT molecular complexity index is 919. The van der Waals surface area contributed by atoms with Crippen molar-refractivity contribution in [2.45, 2.75) is 44.0 Å². The highest BCUT2D eigenvalue weighted by Crippen LogP contribution is 2.24. The van der Waals surface area contributed by atoms with E-state index in [-0.39, 0.29) is 16.8 Å². The van der Waals surface area contributed by atoms with E-state index in [1.807, 2.05) is 32.0 Å². The molecule has 2 aromatic rings. The average Bonchev–Trinajstić information content (AvgIpc) is 3.09. The molecule has 0 aliphatic heterocycles. The molecule has 1 N–H and O–H groups in total. The molecule has 0 fully saturated rings. The SMILES string of the molecule is CC(C)N(C)S(=O)(=O)c1ccc(NC(=O)c2ccc3c(c2)CCC3)cc1. The molecule has 0 aromatic heterocycles. The summed E-state index contributed by atoms with van der Waals surface area (Å²) in [6.07, 6.45) is 3.24. The molecule has 3 rings (SSSR count). The van der Waals surface area contributed by atoms with E-state index >= 15 is 0 Å². The van der Waals surface area contributed by atoms with Gasteiger partial charge in [-0.1, -0.05) is 6.07 Å². The van der Waals surface area contributed by atoms with E-state index in [1.165, 1.54) is 27.6 Å². The Labute approximate surface area is 155 Å². The standard InChI is InChI=1S/C20H24N2O3S/c1-14(2)22(3)26(24,25)19-11-9-18(10-12-19)21-20(23)17-8-7-15-5-4-6-16(15)13-17/h7-14H,4-6H2,1-3H3,(H,21,23). The molecule has 0 saturated carbocycles. The Balaban J connectivity index is 1.74.